The summed E-state index contributed by atoms with van der Waals surface area (Å²) in [7, 11) is 0. The van der Waals surface area contributed by atoms with Crippen molar-refractivity contribution < 1.29 is 4.74 Å². The van der Waals surface area contributed by atoms with Gasteiger partial charge < -0.3 is 15.8 Å². The van der Waals surface area contributed by atoms with Gasteiger partial charge in [-0.3, -0.25) is 4.57 Å². The molecule has 2 aromatic rings. The molecule has 0 radical (unpaired) electrons. The van der Waals surface area contributed by atoms with Gasteiger partial charge in [0, 0.05) is 32.2 Å². The fourth-order valence-electron chi connectivity index (χ4n) is 2.29. The monoisotopic (exact) mass is 289 g/mol. The Labute approximate surface area is 122 Å². The average Bonchev–Trinajstić information content (AvgIpc) is 3.00. The minimum atomic E-state index is 0.188. The summed E-state index contributed by atoms with van der Waals surface area (Å²) in [5.74, 6) is 1.13. The number of nitrogens with two attached hydrogens (primary N) is 1. The molecule has 0 spiro atoms. The highest BCUT2D eigenvalue weighted by Gasteiger charge is 2.27. The second-order valence-corrected chi connectivity index (χ2v) is 5.56. The van der Waals surface area contributed by atoms with Crippen LogP contribution in [0, 0.1) is 5.41 Å². The van der Waals surface area contributed by atoms with E-state index in [-0.39, 0.29) is 11.4 Å². The SMILES string of the molecule is CC1(CNc2nc(N)nc(-n3ccnc3)n2)CCOCC1. The molecule has 0 saturated carbocycles. The Morgan fingerprint density at radius 1 is 1.33 bits per heavy atom. The van der Waals surface area contributed by atoms with Crippen LogP contribution in [-0.2, 0) is 4.74 Å². The van der Waals surface area contributed by atoms with Crippen molar-refractivity contribution in [3.8, 4) is 5.95 Å². The van der Waals surface area contributed by atoms with Crippen LogP contribution < -0.4 is 11.1 Å². The molecular weight excluding hydrogens is 270 g/mol. The van der Waals surface area contributed by atoms with Gasteiger partial charge in [0.1, 0.15) is 6.33 Å². The van der Waals surface area contributed by atoms with Crippen molar-refractivity contribution in [2.24, 2.45) is 5.41 Å². The fourth-order valence-corrected chi connectivity index (χ4v) is 2.29. The molecule has 8 heteroatoms. The lowest BCUT2D eigenvalue weighted by Crippen LogP contribution is -2.33. The number of imidazole rings is 1. The van der Waals surface area contributed by atoms with E-state index in [9.17, 15) is 0 Å². The molecule has 0 atom stereocenters. The lowest BCUT2D eigenvalue weighted by Gasteiger charge is -2.33. The van der Waals surface area contributed by atoms with E-state index in [4.69, 9.17) is 10.5 Å². The Morgan fingerprint density at radius 3 is 2.86 bits per heavy atom. The third-order valence-electron chi connectivity index (χ3n) is 3.75. The molecule has 0 amide bonds. The zero-order valence-corrected chi connectivity index (χ0v) is 12.0. The van der Waals surface area contributed by atoms with Crippen LogP contribution in [0.15, 0.2) is 18.7 Å². The number of nitrogens with zero attached hydrogens (tertiary/aromatic N) is 5. The van der Waals surface area contributed by atoms with Crippen LogP contribution in [0.5, 0.6) is 0 Å². The van der Waals surface area contributed by atoms with Crippen LogP contribution in [0.2, 0.25) is 0 Å². The highest BCUT2D eigenvalue weighted by Crippen LogP contribution is 2.29. The van der Waals surface area contributed by atoms with Crippen LogP contribution in [0.4, 0.5) is 11.9 Å². The zero-order chi connectivity index (χ0) is 14.7. The first kappa shape index (κ1) is 13.7. The molecule has 21 heavy (non-hydrogen) atoms. The summed E-state index contributed by atoms with van der Waals surface area (Å²) in [4.78, 5) is 16.6. The molecule has 3 rings (SSSR count). The van der Waals surface area contributed by atoms with Gasteiger partial charge in [-0.25, -0.2) is 4.98 Å². The van der Waals surface area contributed by atoms with Crippen molar-refractivity contribution in [3.63, 3.8) is 0 Å². The van der Waals surface area contributed by atoms with E-state index < -0.39 is 0 Å². The van der Waals surface area contributed by atoms with E-state index in [1.54, 1.807) is 23.3 Å². The predicted molar refractivity (Wildman–Crippen MR) is 78.0 cm³/mol. The van der Waals surface area contributed by atoms with Gasteiger partial charge >= 0.3 is 0 Å². The molecule has 1 aliphatic rings. The van der Waals surface area contributed by atoms with Gasteiger partial charge in [0.05, 0.1) is 0 Å². The maximum Gasteiger partial charge on any atom is 0.241 e. The van der Waals surface area contributed by atoms with Crippen molar-refractivity contribution in [2.75, 3.05) is 30.8 Å². The lowest BCUT2D eigenvalue weighted by molar-refractivity contribution is 0.0299. The van der Waals surface area contributed by atoms with Crippen LogP contribution in [0.1, 0.15) is 19.8 Å². The second kappa shape index (κ2) is 5.65. The maximum absolute atomic E-state index is 5.75. The van der Waals surface area contributed by atoms with Crippen LogP contribution >= 0.6 is 0 Å². The van der Waals surface area contributed by atoms with Crippen molar-refractivity contribution in [3.05, 3.63) is 18.7 Å². The summed E-state index contributed by atoms with van der Waals surface area (Å²) in [5, 5.41) is 3.27. The quantitative estimate of drug-likeness (QED) is 0.860. The molecule has 2 aromatic heterocycles. The Kier molecular flexibility index (Phi) is 3.70. The molecular formula is C13H19N7O. The van der Waals surface area contributed by atoms with Crippen LogP contribution in [0.3, 0.4) is 0 Å². The van der Waals surface area contributed by atoms with Crippen molar-refractivity contribution in [1.82, 2.24) is 24.5 Å². The highest BCUT2D eigenvalue weighted by atomic mass is 16.5. The first-order valence-electron chi connectivity index (χ1n) is 6.96. The van der Waals surface area contributed by atoms with Gasteiger partial charge in [0.25, 0.3) is 0 Å². The lowest BCUT2D eigenvalue weighted by atomic mass is 9.82. The molecule has 0 bridgehead atoms. The summed E-state index contributed by atoms with van der Waals surface area (Å²) in [5.41, 5.74) is 5.94. The van der Waals surface area contributed by atoms with Crippen LogP contribution in [0.25, 0.3) is 5.95 Å². The standard InChI is InChI=1S/C13H19N7O/c1-13(2-6-21-7-3-13)8-16-11-17-10(14)18-12(19-11)20-5-4-15-9-20/h4-5,9H,2-3,6-8H2,1H3,(H3,14,16,17,18,19). The highest BCUT2D eigenvalue weighted by molar-refractivity contribution is 5.35. The summed E-state index contributed by atoms with van der Waals surface area (Å²) >= 11 is 0. The average molecular weight is 289 g/mol. The summed E-state index contributed by atoms with van der Waals surface area (Å²) in [6, 6.07) is 0. The fraction of sp³-hybridized carbons (Fsp3) is 0.538. The molecule has 1 saturated heterocycles. The Hall–Kier alpha value is -2.22. The molecule has 1 fully saturated rings. The minimum Gasteiger partial charge on any atom is -0.381 e. The molecule has 8 nitrogen and oxygen atoms in total. The van der Waals surface area contributed by atoms with Gasteiger partial charge in [-0.05, 0) is 18.3 Å². The normalized spacial score (nSPS) is 17.6. The first-order valence-corrected chi connectivity index (χ1v) is 6.96. The third-order valence-corrected chi connectivity index (χ3v) is 3.75. The van der Waals surface area contributed by atoms with Gasteiger partial charge in [0.15, 0.2) is 0 Å². The molecule has 3 N–H and O–H groups in total. The smallest absolute Gasteiger partial charge is 0.241 e. The first-order chi connectivity index (χ1) is 10.1. The Morgan fingerprint density at radius 2 is 2.14 bits per heavy atom. The molecule has 0 aromatic carbocycles. The van der Waals surface area contributed by atoms with Gasteiger partial charge in [-0.1, -0.05) is 6.92 Å². The molecule has 0 aliphatic carbocycles. The largest absolute Gasteiger partial charge is 0.381 e. The van der Waals surface area contributed by atoms with Crippen molar-refractivity contribution in [1.29, 1.82) is 0 Å². The predicted octanol–water partition coefficient (Wildman–Crippen LogP) is 0.868. The van der Waals surface area contributed by atoms with Crippen molar-refractivity contribution in [2.45, 2.75) is 19.8 Å². The second-order valence-electron chi connectivity index (χ2n) is 5.56. The van der Waals surface area contributed by atoms with E-state index >= 15 is 0 Å². The minimum absolute atomic E-state index is 0.188. The summed E-state index contributed by atoms with van der Waals surface area (Å²) in [6.07, 6.45) is 7.09. The van der Waals surface area contributed by atoms with Crippen LogP contribution in [-0.4, -0.2) is 44.3 Å². The Balaban J connectivity index is 1.73. The zero-order valence-electron chi connectivity index (χ0n) is 12.0. The molecule has 1 aliphatic heterocycles. The number of aromatic nitrogens is 5. The van der Waals surface area contributed by atoms with Crippen molar-refractivity contribution >= 4 is 11.9 Å². The van der Waals surface area contributed by atoms with E-state index in [1.807, 2.05) is 0 Å². The van der Waals surface area contributed by atoms with E-state index in [0.29, 0.717) is 11.9 Å². The number of rotatable bonds is 4. The van der Waals surface area contributed by atoms with E-state index in [2.05, 4.69) is 32.2 Å². The maximum atomic E-state index is 5.75. The molecule has 112 valence electrons. The van der Waals surface area contributed by atoms with Gasteiger partial charge in [-0.2, -0.15) is 15.0 Å². The number of hydrogen-bond donors (Lipinski definition) is 2. The summed E-state index contributed by atoms with van der Waals surface area (Å²) < 4.78 is 7.10. The molecule has 0 unspecified atom stereocenters. The Bertz CT molecular complexity index is 593. The number of nitrogen functional groups attached to an aromatic ring is 1. The number of anilines is 2. The number of hydrogen-bond acceptors (Lipinski definition) is 7. The number of ether oxygens (including phenoxy) is 1. The van der Waals surface area contributed by atoms with Gasteiger partial charge in [0.2, 0.25) is 17.8 Å². The van der Waals surface area contributed by atoms with E-state index in [1.165, 1.54) is 0 Å². The molecule has 3 heterocycles. The summed E-state index contributed by atoms with van der Waals surface area (Å²) in [6.45, 7) is 4.63. The third kappa shape index (κ3) is 3.27. The topological polar surface area (TPSA) is 104 Å². The van der Waals surface area contributed by atoms with E-state index in [0.717, 1.165) is 32.6 Å². The van der Waals surface area contributed by atoms with Gasteiger partial charge in [-0.15, -0.1) is 0 Å². The number of nitrogens with one attached hydrogen (secondary N) is 1.